The molecule has 0 bridgehead atoms. The van der Waals surface area contributed by atoms with Crippen molar-refractivity contribution in [3.05, 3.63) is 77.9 Å². The van der Waals surface area contributed by atoms with Crippen molar-refractivity contribution in [3.8, 4) is 11.5 Å². The minimum Gasteiger partial charge on any atom is -0.486 e. The smallest absolute Gasteiger partial charge is 0.262 e. The lowest BCUT2D eigenvalue weighted by Gasteiger charge is -2.19. The summed E-state index contributed by atoms with van der Waals surface area (Å²) in [5.74, 6) is 0.637. The quantitative estimate of drug-likeness (QED) is 0.510. The molecule has 178 valence electrons. The van der Waals surface area contributed by atoms with Crippen molar-refractivity contribution in [1.82, 2.24) is 4.90 Å². The zero-order valence-electron chi connectivity index (χ0n) is 19.1. The number of hydrogen-bond acceptors (Lipinski definition) is 6. The van der Waals surface area contributed by atoms with Crippen molar-refractivity contribution in [2.75, 3.05) is 43.9 Å². The molecule has 0 atom stereocenters. The van der Waals surface area contributed by atoms with Crippen LogP contribution in [0.5, 0.6) is 11.5 Å². The second kappa shape index (κ2) is 10.1. The summed E-state index contributed by atoms with van der Waals surface area (Å²) in [6.07, 6.45) is 0.935. The van der Waals surface area contributed by atoms with Crippen molar-refractivity contribution < 1.29 is 22.7 Å². The van der Waals surface area contributed by atoms with E-state index in [1.54, 1.807) is 30.3 Å². The molecule has 1 aliphatic heterocycles. The molecule has 0 aliphatic carbocycles. The summed E-state index contributed by atoms with van der Waals surface area (Å²) >= 11 is 0. The minimum absolute atomic E-state index is 0.0626. The van der Waals surface area contributed by atoms with Crippen LogP contribution >= 0.6 is 0 Å². The van der Waals surface area contributed by atoms with Gasteiger partial charge in [-0.25, -0.2) is 8.42 Å². The lowest BCUT2D eigenvalue weighted by molar-refractivity contribution is 0.102. The lowest BCUT2D eigenvalue weighted by Crippen LogP contribution is -2.17. The molecule has 0 radical (unpaired) electrons. The monoisotopic (exact) mass is 481 g/mol. The van der Waals surface area contributed by atoms with Crippen LogP contribution in [0.1, 0.15) is 15.9 Å². The highest BCUT2D eigenvalue weighted by Gasteiger charge is 2.19. The van der Waals surface area contributed by atoms with E-state index in [9.17, 15) is 13.2 Å². The molecule has 3 aromatic rings. The Morgan fingerprint density at radius 3 is 2.21 bits per heavy atom. The molecule has 9 heteroatoms. The van der Waals surface area contributed by atoms with E-state index in [1.807, 2.05) is 38.4 Å². The second-order valence-electron chi connectivity index (χ2n) is 8.19. The zero-order valence-corrected chi connectivity index (χ0v) is 19.9. The van der Waals surface area contributed by atoms with Crippen LogP contribution in [0.3, 0.4) is 0 Å². The number of amides is 1. The number of fused-ring (bicyclic) bond motifs is 1. The number of ether oxygens (including phenoxy) is 2. The Morgan fingerprint density at radius 2 is 1.53 bits per heavy atom. The van der Waals surface area contributed by atoms with Gasteiger partial charge in [0.1, 0.15) is 13.2 Å². The summed E-state index contributed by atoms with van der Waals surface area (Å²) in [5.41, 5.74) is 2.65. The van der Waals surface area contributed by atoms with E-state index in [4.69, 9.17) is 9.47 Å². The van der Waals surface area contributed by atoms with Crippen LogP contribution in [-0.4, -0.2) is 53.1 Å². The predicted molar refractivity (Wildman–Crippen MR) is 131 cm³/mol. The van der Waals surface area contributed by atoms with Gasteiger partial charge in [0, 0.05) is 29.5 Å². The van der Waals surface area contributed by atoms with Gasteiger partial charge >= 0.3 is 0 Å². The maximum absolute atomic E-state index is 12.8. The van der Waals surface area contributed by atoms with E-state index < -0.39 is 10.0 Å². The Hall–Kier alpha value is -3.56. The average Bonchev–Trinajstić information content (AvgIpc) is 2.83. The van der Waals surface area contributed by atoms with Crippen LogP contribution in [0, 0.1) is 0 Å². The van der Waals surface area contributed by atoms with Crippen molar-refractivity contribution in [2.24, 2.45) is 0 Å². The van der Waals surface area contributed by atoms with E-state index in [2.05, 4.69) is 14.9 Å². The molecule has 0 spiro atoms. The number of carbonyl (C=O) groups is 1. The number of nitrogens with zero attached hydrogens (tertiary/aromatic N) is 1. The van der Waals surface area contributed by atoms with Crippen LogP contribution in [0.15, 0.2) is 71.6 Å². The van der Waals surface area contributed by atoms with Crippen molar-refractivity contribution in [2.45, 2.75) is 11.3 Å². The summed E-state index contributed by atoms with van der Waals surface area (Å²) < 4.78 is 39.0. The molecule has 0 aromatic heterocycles. The van der Waals surface area contributed by atoms with Gasteiger partial charge in [-0.05, 0) is 74.6 Å². The lowest BCUT2D eigenvalue weighted by atomic mass is 10.1. The summed E-state index contributed by atoms with van der Waals surface area (Å²) in [5, 5.41) is 2.86. The normalized spacial score (nSPS) is 12.9. The highest BCUT2D eigenvalue weighted by molar-refractivity contribution is 7.92. The van der Waals surface area contributed by atoms with Crippen LogP contribution in [0.25, 0.3) is 0 Å². The minimum atomic E-state index is -3.83. The van der Waals surface area contributed by atoms with Gasteiger partial charge in [0.25, 0.3) is 15.9 Å². The average molecular weight is 482 g/mol. The topological polar surface area (TPSA) is 97.0 Å². The maximum atomic E-state index is 12.8. The first-order valence-corrected chi connectivity index (χ1v) is 12.4. The van der Waals surface area contributed by atoms with Gasteiger partial charge < -0.3 is 19.7 Å². The highest BCUT2D eigenvalue weighted by atomic mass is 32.2. The number of likely N-dealkylation sites (N-methyl/N-ethyl adjacent to an activating group) is 1. The molecule has 8 nitrogen and oxygen atoms in total. The maximum Gasteiger partial charge on any atom is 0.262 e. The first kappa shape index (κ1) is 23.6. The van der Waals surface area contributed by atoms with Gasteiger partial charge in [0.15, 0.2) is 11.5 Å². The Morgan fingerprint density at radius 1 is 0.882 bits per heavy atom. The van der Waals surface area contributed by atoms with Crippen LogP contribution in [0.4, 0.5) is 11.4 Å². The molecule has 1 heterocycles. The molecule has 2 N–H and O–H groups in total. The predicted octanol–water partition coefficient (Wildman–Crippen LogP) is 3.62. The zero-order chi connectivity index (χ0) is 24.1. The van der Waals surface area contributed by atoms with E-state index in [0.717, 1.165) is 13.0 Å². The Bertz CT molecular complexity index is 1260. The number of sulfonamides is 1. The number of rotatable bonds is 8. The van der Waals surface area contributed by atoms with E-state index in [1.165, 1.54) is 17.7 Å². The van der Waals surface area contributed by atoms with Crippen LogP contribution in [-0.2, 0) is 16.4 Å². The SMILES string of the molecule is CN(C)CCc1ccc(NC(=O)c2ccc(NS(=O)(=O)c3ccc4c(c3)OCCO4)cc2)cc1. The Kier molecular flexibility index (Phi) is 7.04. The van der Waals surface area contributed by atoms with Gasteiger partial charge in [-0.2, -0.15) is 0 Å². The third kappa shape index (κ3) is 5.86. The highest BCUT2D eigenvalue weighted by Crippen LogP contribution is 2.32. The number of hydrogen-bond donors (Lipinski definition) is 2. The molecular formula is C25H27N3O5S. The number of carbonyl (C=O) groups excluding carboxylic acids is 1. The van der Waals surface area contributed by atoms with Crippen LogP contribution < -0.4 is 19.5 Å². The molecule has 0 fully saturated rings. The van der Waals surface area contributed by atoms with Crippen molar-refractivity contribution in [3.63, 3.8) is 0 Å². The van der Waals surface area contributed by atoms with E-state index >= 15 is 0 Å². The van der Waals surface area contributed by atoms with Crippen LogP contribution in [0.2, 0.25) is 0 Å². The Labute approximate surface area is 199 Å². The van der Waals surface area contributed by atoms with Gasteiger partial charge in [0.05, 0.1) is 4.90 Å². The standard InChI is InChI=1S/C25H27N3O5S/c1-28(2)14-13-18-3-7-20(8-4-18)26-25(29)19-5-9-21(10-6-19)27-34(30,31)22-11-12-23-24(17-22)33-16-15-32-23/h3-12,17,27H,13-16H2,1-2H3,(H,26,29). The molecule has 3 aromatic carbocycles. The largest absolute Gasteiger partial charge is 0.486 e. The molecule has 0 saturated heterocycles. The summed E-state index contributed by atoms with van der Waals surface area (Å²) in [4.78, 5) is 14.8. The first-order chi connectivity index (χ1) is 16.3. The second-order valence-corrected chi connectivity index (χ2v) is 9.88. The summed E-state index contributed by atoms with van der Waals surface area (Å²) in [6, 6.07) is 18.5. The fourth-order valence-corrected chi connectivity index (χ4v) is 4.48. The number of benzene rings is 3. The van der Waals surface area contributed by atoms with Gasteiger partial charge in [0.2, 0.25) is 0 Å². The van der Waals surface area contributed by atoms with Gasteiger partial charge in [-0.3, -0.25) is 9.52 Å². The molecular weight excluding hydrogens is 454 g/mol. The van der Waals surface area contributed by atoms with Gasteiger partial charge in [-0.1, -0.05) is 12.1 Å². The Balaban J connectivity index is 1.38. The molecule has 1 amide bonds. The third-order valence-electron chi connectivity index (χ3n) is 5.28. The third-order valence-corrected chi connectivity index (χ3v) is 6.66. The fourth-order valence-electron chi connectivity index (χ4n) is 3.41. The molecule has 0 unspecified atom stereocenters. The van der Waals surface area contributed by atoms with E-state index in [-0.39, 0.29) is 10.8 Å². The number of nitrogens with one attached hydrogen (secondary N) is 2. The van der Waals surface area contributed by atoms with Crippen molar-refractivity contribution in [1.29, 1.82) is 0 Å². The summed E-state index contributed by atoms with van der Waals surface area (Å²) in [7, 11) is 0.230. The molecule has 4 rings (SSSR count). The first-order valence-electron chi connectivity index (χ1n) is 10.9. The van der Waals surface area contributed by atoms with Gasteiger partial charge in [-0.15, -0.1) is 0 Å². The summed E-state index contributed by atoms with van der Waals surface area (Å²) in [6.45, 7) is 1.75. The molecule has 34 heavy (non-hydrogen) atoms. The number of anilines is 2. The fraction of sp³-hybridized carbons (Fsp3) is 0.240. The van der Waals surface area contributed by atoms with Crippen molar-refractivity contribution >= 4 is 27.3 Å². The molecule has 1 aliphatic rings. The van der Waals surface area contributed by atoms with E-state index in [0.29, 0.717) is 41.7 Å². The molecule has 0 saturated carbocycles.